The second-order valence-corrected chi connectivity index (χ2v) is 8.10. The van der Waals surface area contributed by atoms with Crippen LogP contribution in [0.1, 0.15) is 37.9 Å². The fraction of sp³-hybridized carbons (Fsp3) is 0.409. The highest BCUT2D eigenvalue weighted by molar-refractivity contribution is 5.85. The van der Waals surface area contributed by atoms with Gasteiger partial charge < -0.3 is 15.1 Å². The number of aliphatic hydroxyl groups excluding tert-OH is 1. The molecule has 0 radical (unpaired) electrons. The van der Waals surface area contributed by atoms with Crippen molar-refractivity contribution >= 4 is 5.91 Å². The van der Waals surface area contributed by atoms with Crippen LogP contribution in [-0.2, 0) is 4.79 Å². The van der Waals surface area contributed by atoms with Crippen molar-refractivity contribution in [3.05, 3.63) is 70.7 Å². The number of nitrogens with zero attached hydrogens (tertiary/aromatic N) is 1. The molecule has 160 valence electrons. The van der Waals surface area contributed by atoms with E-state index >= 15 is 0 Å². The number of halogens is 4. The lowest BCUT2D eigenvalue weighted by Gasteiger charge is -2.54. The molecule has 0 aromatic heterocycles. The summed E-state index contributed by atoms with van der Waals surface area (Å²) in [7, 11) is 0. The van der Waals surface area contributed by atoms with E-state index in [1.54, 1.807) is 30.3 Å². The molecule has 1 aromatic rings. The smallest absolute Gasteiger partial charge is 0.378 e. The van der Waals surface area contributed by atoms with Gasteiger partial charge >= 0.3 is 6.18 Å². The maximum Gasteiger partial charge on any atom is 0.424 e. The highest BCUT2D eigenvalue weighted by atomic mass is 19.4. The van der Waals surface area contributed by atoms with Crippen LogP contribution in [-0.4, -0.2) is 39.3 Å². The van der Waals surface area contributed by atoms with Gasteiger partial charge in [-0.25, -0.2) is 4.39 Å². The second-order valence-electron chi connectivity index (χ2n) is 8.10. The fourth-order valence-corrected chi connectivity index (χ4v) is 4.56. The summed E-state index contributed by atoms with van der Waals surface area (Å²) in [6.07, 6.45) is -2.62. The zero-order valence-electron chi connectivity index (χ0n) is 16.2. The van der Waals surface area contributed by atoms with Crippen LogP contribution in [0.4, 0.5) is 17.6 Å². The summed E-state index contributed by atoms with van der Waals surface area (Å²) in [6.45, 7) is 1.40. The van der Waals surface area contributed by atoms with E-state index in [4.69, 9.17) is 0 Å². The minimum absolute atomic E-state index is 0.251. The summed E-state index contributed by atoms with van der Waals surface area (Å²) in [5.74, 6) is -2.28. The molecule has 8 heteroatoms. The number of fused-ring (bicyclic) bond motifs is 2. The monoisotopic (exact) mass is 423 g/mol. The fourth-order valence-electron chi connectivity index (χ4n) is 4.56. The second kappa shape index (κ2) is 6.78. The highest BCUT2D eigenvalue weighted by Gasteiger charge is 2.75. The van der Waals surface area contributed by atoms with Crippen LogP contribution in [0.3, 0.4) is 0 Å². The van der Waals surface area contributed by atoms with Gasteiger partial charge in [-0.15, -0.1) is 0 Å². The molecule has 4 rings (SSSR count). The maximum atomic E-state index is 14.5. The molecule has 0 bridgehead atoms. The normalized spacial score (nSPS) is 29.8. The molecule has 3 atom stereocenters. The third-order valence-corrected chi connectivity index (χ3v) is 6.33. The van der Waals surface area contributed by atoms with E-state index in [2.05, 4.69) is 0 Å². The molecule has 2 unspecified atom stereocenters. The number of amides is 1. The van der Waals surface area contributed by atoms with Gasteiger partial charge in [-0.3, -0.25) is 4.79 Å². The quantitative estimate of drug-likeness (QED) is 0.705. The standard InChI is InChI=1S/C22H21F4NO3/c1-20-12-14-9-5-6-10-27(19(29)17(28)13-7-3-2-4-8-13)16(14)11-15(20)18(23)21(20,30)22(24,25)26/h2-4,7-8,11-12,17,28,30H,5-6,9-10H2,1H3/t17-,20?,21?/m0/s1. The lowest BCUT2D eigenvalue weighted by Crippen LogP contribution is -2.65. The number of alkyl halides is 3. The van der Waals surface area contributed by atoms with Crippen molar-refractivity contribution in [2.75, 3.05) is 6.54 Å². The van der Waals surface area contributed by atoms with Crippen molar-refractivity contribution in [1.82, 2.24) is 4.90 Å². The van der Waals surface area contributed by atoms with Gasteiger partial charge in [0.05, 0.1) is 5.41 Å². The number of likely N-dealkylation sites (tertiary alicyclic amines) is 1. The van der Waals surface area contributed by atoms with Crippen molar-refractivity contribution in [3.8, 4) is 0 Å². The minimum Gasteiger partial charge on any atom is -0.378 e. The number of benzene rings is 1. The van der Waals surface area contributed by atoms with Gasteiger partial charge in [0, 0.05) is 17.8 Å². The predicted octanol–water partition coefficient (Wildman–Crippen LogP) is 4.09. The number of hydrogen-bond donors (Lipinski definition) is 2. The van der Waals surface area contributed by atoms with E-state index in [1.165, 1.54) is 17.1 Å². The van der Waals surface area contributed by atoms with Gasteiger partial charge in [0.25, 0.3) is 5.91 Å². The summed E-state index contributed by atoms with van der Waals surface area (Å²) in [5.41, 5.74) is -4.75. The molecule has 1 aromatic carbocycles. The lowest BCUT2D eigenvalue weighted by atomic mass is 9.54. The van der Waals surface area contributed by atoms with Crippen LogP contribution >= 0.6 is 0 Å². The van der Waals surface area contributed by atoms with Gasteiger partial charge in [-0.1, -0.05) is 36.4 Å². The Balaban J connectivity index is 1.76. The van der Waals surface area contributed by atoms with Crippen molar-refractivity contribution in [1.29, 1.82) is 0 Å². The first-order valence-electron chi connectivity index (χ1n) is 9.70. The number of aliphatic hydroxyl groups is 2. The molecule has 2 N–H and O–H groups in total. The molecular formula is C22H21F4NO3. The Morgan fingerprint density at radius 2 is 1.87 bits per heavy atom. The first-order valence-corrected chi connectivity index (χ1v) is 9.70. The Bertz CT molecular complexity index is 982. The number of carbonyl (C=O) groups excluding carboxylic acids is 1. The zero-order valence-corrected chi connectivity index (χ0v) is 16.2. The van der Waals surface area contributed by atoms with Crippen LogP contribution < -0.4 is 0 Å². The molecule has 1 aliphatic heterocycles. The molecule has 1 fully saturated rings. The molecule has 1 amide bonds. The molecule has 4 nitrogen and oxygen atoms in total. The van der Waals surface area contributed by atoms with Crippen molar-refractivity contribution in [3.63, 3.8) is 0 Å². The first kappa shape index (κ1) is 20.8. The number of carbonyl (C=O) groups is 1. The van der Waals surface area contributed by atoms with Gasteiger partial charge in [-0.2, -0.15) is 13.2 Å². The minimum atomic E-state index is -5.18. The maximum absolute atomic E-state index is 14.5. The van der Waals surface area contributed by atoms with Gasteiger partial charge in [0.1, 0.15) is 5.83 Å². The summed E-state index contributed by atoms with van der Waals surface area (Å²) >= 11 is 0. The first-order chi connectivity index (χ1) is 14.0. The third-order valence-electron chi connectivity index (χ3n) is 6.33. The molecule has 1 heterocycles. The van der Waals surface area contributed by atoms with E-state index in [0.29, 0.717) is 30.4 Å². The van der Waals surface area contributed by atoms with E-state index in [0.717, 1.165) is 6.92 Å². The average Bonchev–Trinajstić information content (AvgIpc) is 2.92. The molecule has 3 aliphatic rings. The average molecular weight is 423 g/mol. The Hall–Kier alpha value is -2.45. The summed E-state index contributed by atoms with van der Waals surface area (Å²) in [4.78, 5) is 14.3. The molecule has 0 spiro atoms. The highest BCUT2D eigenvalue weighted by Crippen LogP contribution is 2.65. The Morgan fingerprint density at radius 3 is 2.50 bits per heavy atom. The molecule has 0 saturated carbocycles. The van der Waals surface area contributed by atoms with E-state index in [9.17, 15) is 32.6 Å². The summed E-state index contributed by atoms with van der Waals surface area (Å²) in [5, 5.41) is 20.7. The van der Waals surface area contributed by atoms with Crippen LogP contribution in [0, 0.1) is 5.41 Å². The summed E-state index contributed by atoms with van der Waals surface area (Å²) < 4.78 is 55.0. The van der Waals surface area contributed by atoms with Crippen molar-refractivity contribution in [2.24, 2.45) is 5.41 Å². The van der Waals surface area contributed by atoms with Gasteiger partial charge in [-0.05, 0) is 43.4 Å². The lowest BCUT2D eigenvalue weighted by molar-refractivity contribution is -0.288. The van der Waals surface area contributed by atoms with Gasteiger partial charge in [0.15, 0.2) is 6.10 Å². The Morgan fingerprint density at radius 1 is 1.20 bits per heavy atom. The summed E-state index contributed by atoms with van der Waals surface area (Å²) in [6, 6.07) is 8.29. The number of allylic oxidation sites excluding steroid dienone is 2. The van der Waals surface area contributed by atoms with Crippen LogP contribution in [0.5, 0.6) is 0 Å². The third kappa shape index (κ3) is 2.70. The van der Waals surface area contributed by atoms with Crippen LogP contribution in [0.25, 0.3) is 0 Å². The zero-order chi connectivity index (χ0) is 21.9. The molecule has 2 aliphatic carbocycles. The number of rotatable bonds is 2. The largest absolute Gasteiger partial charge is 0.424 e. The van der Waals surface area contributed by atoms with Gasteiger partial charge in [0.2, 0.25) is 5.60 Å². The predicted molar refractivity (Wildman–Crippen MR) is 100 cm³/mol. The molecular weight excluding hydrogens is 402 g/mol. The van der Waals surface area contributed by atoms with E-state index in [-0.39, 0.29) is 17.8 Å². The topological polar surface area (TPSA) is 60.8 Å². The van der Waals surface area contributed by atoms with Crippen molar-refractivity contribution < 1.29 is 32.6 Å². The Kier molecular flexibility index (Phi) is 4.70. The Labute approximate surface area is 170 Å². The molecule has 30 heavy (non-hydrogen) atoms. The van der Waals surface area contributed by atoms with E-state index < -0.39 is 35.0 Å². The van der Waals surface area contributed by atoms with Crippen LogP contribution in [0.15, 0.2) is 65.2 Å². The number of hydrogen-bond acceptors (Lipinski definition) is 3. The van der Waals surface area contributed by atoms with Crippen LogP contribution in [0.2, 0.25) is 0 Å². The molecule has 1 saturated heterocycles. The van der Waals surface area contributed by atoms with E-state index in [1.807, 2.05) is 0 Å². The SMILES string of the molecule is CC12C=C3CCCCN(C(=O)[C@@H](O)c4ccccc4)C3=CC1=C(F)C2(O)C(F)(F)F. The van der Waals surface area contributed by atoms with Crippen molar-refractivity contribution in [2.45, 2.75) is 44.1 Å².